The van der Waals surface area contributed by atoms with E-state index < -0.39 is 0 Å². The van der Waals surface area contributed by atoms with Crippen LogP contribution in [-0.4, -0.2) is 23.4 Å². The maximum atomic E-state index is 12.8. The normalized spacial score (nSPS) is 22.0. The first-order valence-corrected chi connectivity index (χ1v) is 8.20. The van der Waals surface area contributed by atoms with Gasteiger partial charge < -0.3 is 10.6 Å². The average molecular weight is 288 g/mol. The lowest BCUT2D eigenvalue weighted by Crippen LogP contribution is -2.39. The Morgan fingerprint density at radius 2 is 1.81 bits per heavy atom. The van der Waals surface area contributed by atoms with Gasteiger partial charge in [0.1, 0.15) is 0 Å². The van der Waals surface area contributed by atoms with Crippen molar-refractivity contribution < 1.29 is 4.79 Å². The number of rotatable bonds is 5. The first-order chi connectivity index (χ1) is 10.1. The molecule has 116 valence electrons. The SMILES string of the molecule is CCCN(Cc1ccc(C)cc1)C(=O)C1CCC(N)CC1. The van der Waals surface area contributed by atoms with Crippen LogP contribution in [0.1, 0.15) is 50.2 Å². The van der Waals surface area contributed by atoms with Gasteiger partial charge in [0.15, 0.2) is 0 Å². The fourth-order valence-corrected chi connectivity index (χ4v) is 3.08. The number of nitrogens with zero attached hydrogens (tertiary/aromatic N) is 1. The number of carbonyl (C=O) groups excluding carboxylic acids is 1. The summed E-state index contributed by atoms with van der Waals surface area (Å²) in [5.41, 5.74) is 8.42. The number of amides is 1. The van der Waals surface area contributed by atoms with Gasteiger partial charge in [-0.3, -0.25) is 4.79 Å². The number of aryl methyl sites for hydroxylation is 1. The standard InChI is InChI=1S/C18H28N2O/c1-3-12-20(13-15-6-4-14(2)5-7-15)18(21)16-8-10-17(19)11-9-16/h4-7,16-17H,3,8-13,19H2,1-2H3. The molecule has 0 aromatic heterocycles. The summed E-state index contributed by atoms with van der Waals surface area (Å²) in [4.78, 5) is 14.8. The smallest absolute Gasteiger partial charge is 0.225 e. The van der Waals surface area contributed by atoms with E-state index in [1.807, 2.05) is 4.90 Å². The number of nitrogens with two attached hydrogens (primary N) is 1. The topological polar surface area (TPSA) is 46.3 Å². The predicted octanol–water partition coefficient (Wildman–Crippen LogP) is 3.25. The molecular formula is C18H28N2O. The molecule has 1 aliphatic rings. The number of hydrogen-bond donors (Lipinski definition) is 1. The van der Waals surface area contributed by atoms with Crippen LogP contribution in [0.4, 0.5) is 0 Å². The van der Waals surface area contributed by atoms with Gasteiger partial charge in [0.05, 0.1) is 0 Å². The third kappa shape index (κ3) is 4.57. The van der Waals surface area contributed by atoms with E-state index in [0.717, 1.165) is 45.2 Å². The minimum atomic E-state index is 0.182. The van der Waals surface area contributed by atoms with Crippen molar-refractivity contribution >= 4 is 5.91 Å². The minimum absolute atomic E-state index is 0.182. The highest BCUT2D eigenvalue weighted by molar-refractivity contribution is 5.79. The van der Waals surface area contributed by atoms with E-state index >= 15 is 0 Å². The zero-order valence-electron chi connectivity index (χ0n) is 13.3. The van der Waals surface area contributed by atoms with E-state index in [9.17, 15) is 4.79 Å². The van der Waals surface area contributed by atoms with Crippen LogP contribution in [0.2, 0.25) is 0 Å². The molecule has 0 atom stereocenters. The van der Waals surface area contributed by atoms with E-state index in [1.54, 1.807) is 0 Å². The molecule has 0 aliphatic heterocycles. The fourth-order valence-electron chi connectivity index (χ4n) is 3.08. The Kier molecular flexibility index (Phi) is 5.80. The lowest BCUT2D eigenvalue weighted by molar-refractivity contribution is -0.137. The summed E-state index contributed by atoms with van der Waals surface area (Å²) < 4.78 is 0. The molecule has 1 aromatic rings. The summed E-state index contributed by atoms with van der Waals surface area (Å²) in [5.74, 6) is 0.506. The Balaban J connectivity index is 2.00. The van der Waals surface area contributed by atoms with Gasteiger partial charge in [-0.25, -0.2) is 0 Å². The van der Waals surface area contributed by atoms with E-state index in [0.29, 0.717) is 11.9 Å². The number of carbonyl (C=O) groups is 1. The first kappa shape index (κ1) is 16.0. The van der Waals surface area contributed by atoms with E-state index in [2.05, 4.69) is 38.1 Å². The summed E-state index contributed by atoms with van der Waals surface area (Å²) in [6.07, 6.45) is 4.88. The predicted molar refractivity (Wildman–Crippen MR) is 86.8 cm³/mol. The molecule has 0 heterocycles. The highest BCUT2D eigenvalue weighted by Crippen LogP contribution is 2.25. The van der Waals surface area contributed by atoms with Gasteiger partial charge in [-0.05, 0) is 44.6 Å². The molecule has 0 bridgehead atoms. The van der Waals surface area contributed by atoms with Gasteiger partial charge in [-0.15, -0.1) is 0 Å². The molecule has 3 nitrogen and oxygen atoms in total. The van der Waals surface area contributed by atoms with Gasteiger partial charge in [-0.2, -0.15) is 0 Å². The molecule has 21 heavy (non-hydrogen) atoms. The van der Waals surface area contributed by atoms with Gasteiger partial charge in [0.2, 0.25) is 5.91 Å². The van der Waals surface area contributed by atoms with Crippen LogP contribution in [0.5, 0.6) is 0 Å². The van der Waals surface area contributed by atoms with Gasteiger partial charge in [-0.1, -0.05) is 36.8 Å². The molecule has 0 spiro atoms. The molecule has 2 N–H and O–H groups in total. The second-order valence-electron chi connectivity index (χ2n) is 6.36. The summed E-state index contributed by atoms with van der Waals surface area (Å²) >= 11 is 0. The zero-order valence-corrected chi connectivity index (χ0v) is 13.3. The van der Waals surface area contributed by atoms with E-state index in [-0.39, 0.29) is 5.92 Å². The van der Waals surface area contributed by atoms with Crippen LogP contribution in [-0.2, 0) is 11.3 Å². The van der Waals surface area contributed by atoms with Crippen molar-refractivity contribution in [1.82, 2.24) is 4.90 Å². The van der Waals surface area contributed by atoms with Crippen molar-refractivity contribution in [3.8, 4) is 0 Å². The van der Waals surface area contributed by atoms with Crippen molar-refractivity contribution in [2.45, 2.75) is 58.5 Å². The molecule has 1 saturated carbocycles. The summed E-state index contributed by atoms with van der Waals surface area (Å²) in [5, 5.41) is 0. The molecular weight excluding hydrogens is 260 g/mol. The summed E-state index contributed by atoms with van der Waals surface area (Å²) in [7, 11) is 0. The Morgan fingerprint density at radius 1 is 1.19 bits per heavy atom. The van der Waals surface area contributed by atoms with Crippen molar-refractivity contribution in [2.75, 3.05) is 6.54 Å². The van der Waals surface area contributed by atoms with Crippen molar-refractivity contribution in [2.24, 2.45) is 11.7 Å². The molecule has 1 aliphatic carbocycles. The fraction of sp³-hybridized carbons (Fsp3) is 0.611. The van der Waals surface area contributed by atoms with Crippen LogP contribution in [0.25, 0.3) is 0 Å². The molecule has 1 fully saturated rings. The third-order valence-corrected chi connectivity index (χ3v) is 4.42. The Bertz CT molecular complexity index is 447. The lowest BCUT2D eigenvalue weighted by Gasteiger charge is -2.31. The van der Waals surface area contributed by atoms with E-state index in [4.69, 9.17) is 5.73 Å². The second-order valence-corrected chi connectivity index (χ2v) is 6.36. The minimum Gasteiger partial charge on any atom is -0.338 e. The Hall–Kier alpha value is -1.35. The van der Waals surface area contributed by atoms with Crippen LogP contribution < -0.4 is 5.73 Å². The maximum Gasteiger partial charge on any atom is 0.225 e. The average Bonchev–Trinajstić information content (AvgIpc) is 2.49. The van der Waals surface area contributed by atoms with Crippen molar-refractivity contribution in [3.63, 3.8) is 0 Å². The largest absolute Gasteiger partial charge is 0.338 e. The Morgan fingerprint density at radius 3 is 2.38 bits per heavy atom. The second kappa shape index (κ2) is 7.60. The summed E-state index contributed by atoms with van der Waals surface area (Å²) in [6, 6.07) is 8.78. The van der Waals surface area contributed by atoms with Crippen LogP contribution in [0, 0.1) is 12.8 Å². The molecule has 0 radical (unpaired) electrons. The van der Waals surface area contributed by atoms with E-state index in [1.165, 1.54) is 11.1 Å². The van der Waals surface area contributed by atoms with Crippen LogP contribution >= 0.6 is 0 Å². The van der Waals surface area contributed by atoms with Crippen molar-refractivity contribution in [1.29, 1.82) is 0 Å². The molecule has 3 heteroatoms. The van der Waals surface area contributed by atoms with Crippen molar-refractivity contribution in [3.05, 3.63) is 35.4 Å². The Labute approximate surface area is 128 Å². The van der Waals surface area contributed by atoms with Gasteiger partial charge >= 0.3 is 0 Å². The molecule has 0 saturated heterocycles. The highest BCUT2D eigenvalue weighted by Gasteiger charge is 2.27. The third-order valence-electron chi connectivity index (χ3n) is 4.42. The first-order valence-electron chi connectivity index (χ1n) is 8.20. The monoisotopic (exact) mass is 288 g/mol. The summed E-state index contributed by atoms with van der Waals surface area (Å²) in [6.45, 7) is 5.79. The molecule has 1 amide bonds. The van der Waals surface area contributed by atoms with Gasteiger partial charge in [0, 0.05) is 25.0 Å². The highest BCUT2D eigenvalue weighted by atomic mass is 16.2. The molecule has 0 unspecified atom stereocenters. The zero-order chi connectivity index (χ0) is 15.2. The quantitative estimate of drug-likeness (QED) is 0.904. The van der Waals surface area contributed by atoms with Crippen LogP contribution in [0.15, 0.2) is 24.3 Å². The number of benzene rings is 1. The number of hydrogen-bond acceptors (Lipinski definition) is 2. The maximum absolute atomic E-state index is 12.8. The molecule has 1 aromatic carbocycles. The molecule has 2 rings (SSSR count). The van der Waals surface area contributed by atoms with Crippen LogP contribution in [0.3, 0.4) is 0 Å². The van der Waals surface area contributed by atoms with Gasteiger partial charge in [0.25, 0.3) is 0 Å². The lowest BCUT2D eigenvalue weighted by atomic mass is 9.85.